The Hall–Kier alpha value is -1.71. The van der Waals surface area contributed by atoms with E-state index in [1.165, 1.54) is 6.92 Å². The molecule has 0 aliphatic carbocycles. The summed E-state index contributed by atoms with van der Waals surface area (Å²) >= 11 is 0. The quantitative estimate of drug-likeness (QED) is 0.804. The van der Waals surface area contributed by atoms with Crippen molar-refractivity contribution in [2.24, 2.45) is 0 Å². The molecule has 0 aliphatic heterocycles. The molecule has 0 bridgehead atoms. The van der Waals surface area contributed by atoms with Gasteiger partial charge < -0.3 is 15.4 Å². The number of nitrogens with one attached hydrogen (secondary N) is 2. The minimum absolute atomic E-state index is 0.0772. The topological polar surface area (TPSA) is 50.4 Å². The SMILES string of the molecule is CCNc1cc(NC(C)=O)ccc1OCC. The lowest BCUT2D eigenvalue weighted by atomic mass is 10.2. The van der Waals surface area contributed by atoms with E-state index in [-0.39, 0.29) is 5.91 Å². The summed E-state index contributed by atoms with van der Waals surface area (Å²) in [4.78, 5) is 10.9. The van der Waals surface area contributed by atoms with Crippen LogP contribution in [0.15, 0.2) is 18.2 Å². The first-order valence-electron chi connectivity index (χ1n) is 5.45. The van der Waals surface area contributed by atoms with Crippen molar-refractivity contribution >= 4 is 17.3 Å². The maximum atomic E-state index is 10.9. The Balaban J connectivity index is 2.92. The molecule has 4 heteroatoms. The Morgan fingerprint density at radius 1 is 1.38 bits per heavy atom. The molecule has 0 radical (unpaired) electrons. The van der Waals surface area contributed by atoms with Crippen molar-refractivity contribution in [1.29, 1.82) is 0 Å². The molecule has 1 rings (SSSR count). The Morgan fingerprint density at radius 3 is 2.69 bits per heavy atom. The number of rotatable bonds is 5. The van der Waals surface area contributed by atoms with Gasteiger partial charge in [-0.3, -0.25) is 4.79 Å². The van der Waals surface area contributed by atoms with Crippen molar-refractivity contribution in [3.05, 3.63) is 18.2 Å². The van der Waals surface area contributed by atoms with E-state index >= 15 is 0 Å². The first-order valence-corrected chi connectivity index (χ1v) is 5.45. The van der Waals surface area contributed by atoms with Crippen LogP contribution in [0, 0.1) is 0 Å². The van der Waals surface area contributed by atoms with Gasteiger partial charge in [0, 0.05) is 19.2 Å². The fourth-order valence-electron chi connectivity index (χ4n) is 1.42. The van der Waals surface area contributed by atoms with Crippen LogP contribution in [0.25, 0.3) is 0 Å². The van der Waals surface area contributed by atoms with Gasteiger partial charge in [-0.15, -0.1) is 0 Å². The van der Waals surface area contributed by atoms with E-state index < -0.39 is 0 Å². The molecule has 0 heterocycles. The monoisotopic (exact) mass is 222 g/mol. The van der Waals surface area contributed by atoms with Crippen molar-refractivity contribution in [1.82, 2.24) is 0 Å². The summed E-state index contributed by atoms with van der Waals surface area (Å²) in [6.45, 7) is 6.88. The average Bonchev–Trinajstić information content (AvgIpc) is 2.21. The molecule has 1 amide bonds. The van der Waals surface area contributed by atoms with Crippen molar-refractivity contribution < 1.29 is 9.53 Å². The third-order valence-electron chi connectivity index (χ3n) is 1.97. The molecule has 0 saturated heterocycles. The number of amides is 1. The Labute approximate surface area is 96.0 Å². The van der Waals surface area contributed by atoms with Gasteiger partial charge >= 0.3 is 0 Å². The second-order valence-corrected chi connectivity index (χ2v) is 3.36. The average molecular weight is 222 g/mol. The lowest BCUT2D eigenvalue weighted by Crippen LogP contribution is -2.07. The van der Waals surface area contributed by atoms with E-state index in [4.69, 9.17) is 4.74 Å². The van der Waals surface area contributed by atoms with Gasteiger partial charge in [-0.25, -0.2) is 0 Å². The van der Waals surface area contributed by atoms with Gasteiger partial charge in [0.05, 0.1) is 12.3 Å². The Kier molecular flexibility index (Phi) is 4.64. The highest BCUT2D eigenvalue weighted by Gasteiger charge is 2.04. The highest BCUT2D eigenvalue weighted by molar-refractivity contribution is 5.89. The summed E-state index contributed by atoms with van der Waals surface area (Å²) in [5.41, 5.74) is 1.67. The van der Waals surface area contributed by atoms with Crippen LogP contribution in [0.1, 0.15) is 20.8 Å². The summed E-state index contributed by atoms with van der Waals surface area (Å²) in [5.74, 6) is 0.727. The van der Waals surface area contributed by atoms with Gasteiger partial charge in [0.15, 0.2) is 0 Å². The summed E-state index contributed by atoms with van der Waals surface area (Å²) in [7, 11) is 0. The molecule has 16 heavy (non-hydrogen) atoms. The number of hydrogen-bond acceptors (Lipinski definition) is 3. The fraction of sp³-hybridized carbons (Fsp3) is 0.417. The predicted molar refractivity (Wildman–Crippen MR) is 66.1 cm³/mol. The largest absolute Gasteiger partial charge is 0.492 e. The van der Waals surface area contributed by atoms with Gasteiger partial charge in [0.2, 0.25) is 5.91 Å². The standard InChI is InChI=1S/C12H18N2O2/c1-4-13-11-8-10(14-9(3)15)6-7-12(11)16-5-2/h6-8,13H,4-5H2,1-3H3,(H,14,15). The van der Waals surface area contributed by atoms with Crippen LogP contribution in [0.2, 0.25) is 0 Å². The number of carbonyl (C=O) groups excluding carboxylic acids is 1. The van der Waals surface area contributed by atoms with E-state index in [1.807, 2.05) is 32.0 Å². The number of hydrogen-bond donors (Lipinski definition) is 2. The van der Waals surface area contributed by atoms with Crippen LogP contribution in [-0.2, 0) is 4.79 Å². The Bertz CT molecular complexity index is 364. The number of carbonyl (C=O) groups is 1. The molecule has 4 nitrogen and oxygen atoms in total. The van der Waals surface area contributed by atoms with Gasteiger partial charge in [-0.1, -0.05) is 0 Å². The van der Waals surface area contributed by atoms with E-state index in [1.54, 1.807) is 0 Å². The first kappa shape index (κ1) is 12.4. The summed E-state index contributed by atoms with van der Waals surface area (Å²) in [6.07, 6.45) is 0. The van der Waals surface area contributed by atoms with Gasteiger partial charge in [-0.2, -0.15) is 0 Å². The van der Waals surface area contributed by atoms with Gasteiger partial charge in [-0.05, 0) is 32.0 Å². The highest BCUT2D eigenvalue weighted by Crippen LogP contribution is 2.27. The maximum Gasteiger partial charge on any atom is 0.221 e. The maximum absolute atomic E-state index is 10.9. The molecular weight excluding hydrogens is 204 g/mol. The van der Waals surface area contributed by atoms with Gasteiger partial charge in [0.1, 0.15) is 5.75 Å². The van der Waals surface area contributed by atoms with Crippen molar-refractivity contribution in [3.63, 3.8) is 0 Å². The third kappa shape index (κ3) is 3.46. The lowest BCUT2D eigenvalue weighted by molar-refractivity contribution is -0.114. The molecule has 0 spiro atoms. The second kappa shape index (κ2) is 6.00. The predicted octanol–water partition coefficient (Wildman–Crippen LogP) is 2.48. The van der Waals surface area contributed by atoms with E-state index in [0.29, 0.717) is 6.61 Å². The number of ether oxygens (including phenoxy) is 1. The molecule has 0 unspecified atom stereocenters. The third-order valence-corrected chi connectivity index (χ3v) is 1.97. The first-order chi connectivity index (χ1) is 7.67. The minimum atomic E-state index is -0.0772. The number of anilines is 2. The summed E-state index contributed by atoms with van der Waals surface area (Å²) in [6, 6.07) is 5.55. The molecule has 0 aromatic heterocycles. The van der Waals surface area contributed by atoms with Crippen LogP contribution in [-0.4, -0.2) is 19.1 Å². The van der Waals surface area contributed by atoms with Crippen LogP contribution >= 0.6 is 0 Å². The van der Waals surface area contributed by atoms with E-state index in [9.17, 15) is 4.79 Å². The highest BCUT2D eigenvalue weighted by atomic mass is 16.5. The molecular formula is C12H18N2O2. The zero-order valence-corrected chi connectivity index (χ0v) is 9.96. The van der Waals surface area contributed by atoms with Crippen LogP contribution < -0.4 is 15.4 Å². The lowest BCUT2D eigenvalue weighted by Gasteiger charge is -2.13. The van der Waals surface area contributed by atoms with Crippen molar-refractivity contribution in [2.45, 2.75) is 20.8 Å². The summed E-state index contributed by atoms with van der Waals surface area (Å²) < 4.78 is 5.47. The van der Waals surface area contributed by atoms with Crippen molar-refractivity contribution in [2.75, 3.05) is 23.8 Å². The van der Waals surface area contributed by atoms with Crippen molar-refractivity contribution in [3.8, 4) is 5.75 Å². The molecule has 0 saturated carbocycles. The molecule has 0 aliphatic rings. The van der Waals surface area contributed by atoms with E-state index in [2.05, 4.69) is 10.6 Å². The van der Waals surface area contributed by atoms with Gasteiger partial charge in [0.25, 0.3) is 0 Å². The molecule has 0 atom stereocenters. The fourth-order valence-corrected chi connectivity index (χ4v) is 1.42. The van der Waals surface area contributed by atoms with E-state index in [0.717, 1.165) is 23.7 Å². The second-order valence-electron chi connectivity index (χ2n) is 3.36. The van der Waals surface area contributed by atoms with Crippen LogP contribution in [0.5, 0.6) is 5.75 Å². The zero-order valence-electron chi connectivity index (χ0n) is 9.96. The number of benzene rings is 1. The normalized spacial score (nSPS) is 9.69. The smallest absolute Gasteiger partial charge is 0.221 e. The molecule has 1 aromatic carbocycles. The molecule has 2 N–H and O–H groups in total. The zero-order chi connectivity index (χ0) is 12.0. The molecule has 1 aromatic rings. The van der Waals surface area contributed by atoms with Crippen LogP contribution in [0.3, 0.4) is 0 Å². The minimum Gasteiger partial charge on any atom is -0.492 e. The van der Waals surface area contributed by atoms with Crippen LogP contribution in [0.4, 0.5) is 11.4 Å². The molecule has 88 valence electrons. The molecule has 0 fully saturated rings. The Morgan fingerprint density at radius 2 is 2.12 bits per heavy atom. The summed E-state index contributed by atoms with van der Waals surface area (Å²) in [5, 5.41) is 5.94.